The van der Waals surface area contributed by atoms with Gasteiger partial charge in [0, 0.05) is 17.4 Å². The molecule has 2 rings (SSSR count). The van der Waals surface area contributed by atoms with E-state index in [1.807, 2.05) is 13.8 Å². The van der Waals surface area contributed by atoms with Crippen molar-refractivity contribution in [2.75, 3.05) is 17.6 Å². The van der Waals surface area contributed by atoms with Gasteiger partial charge in [-0.3, -0.25) is 9.82 Å². The number of methoxy groups -OCH3 is 1. The van der Waals surface area contributed by atoms with Crippen LogP contribution in [0.15, 0.2) is 29.2 Å². The predicted octanol–water partition coefficient (Wildman–Crippen LogP) is 1.92. The van der Waals surface area contributed by atoms with Crippen LogP contribution in [0, 0.1) is 0 Å². The van der Waals surface area contributed by atoms with E-state index in [0.717, 1.165) is 5.69 Å². The summed E-state index contributed by atoms with van der Waals surface area (Å²) in [6, 6.07) is 6.08. The minimum absolute atomic E-state index is 0.0286. The van der Waals surface area contributed by atoms with Crippen molar-refractivity contribution in [1.82, 2.24) is 10.2 Å². The van der Waals surface area contributed by atoms with Gasteiger partial charge in [-0.05, 0) is 24.1 Å². The van der Waals surface area contributed by atoms with Gasteiger partial charge < -0.3 is 10.5 Å². The molecule has 0 saturated carbocycles. The van der Waals surface area contributed by atoms with Crippen LogP contribution in [-0.4, -0.2) is 25.7 Å². The van der Waals surface area contributed by atoms with E-state index in [9.17, 15) is 8.42 Å². The largest absolute Gasteiger partial charge is 0.495 e. The fourth-order valence-corrected chi connectivity index (χ4v) is 2.98. The summed E-state index contributed by atoms with van der Waals surface area (Å²) in [6.07, 6.45) is 0. The summed E-state index contributed by atoms with van der Waals surface area (Å²) in [5, 5.41) is 6.73. The molecule has 0 aliphatic carbocycles. The van der Waals surface area contributed by atoms with Gasteiger partial charge in [0.1, 0.15) is 10.6 Å². The third-order valence-electron chi connectivity index (χ3n) is 2.94. The summed E-state index contributed by atoms with van der Waals surface area (Å²) in [5.74, 6) is 0.664. The number of nitrogens with two attached hydrogens (primary N) is 1. The van der Waals surface area contributed by atoms with Crippen molar-refractivity contribution >= 4 is 21.5 Å². The molecule has 0 saturated heterocycles. The molecule has 0 radical (unpaired) electrons. The van der Waals surface area contributed by atoms with E-state index in [-0.39, 0.29) is 22.4 Å². The van der Waals surface area contributed by atoms with Crippen molar-refractivity contribution in [3.63, 3.8) is 0 Å². The maximum Gasteiger partial charge on any atom is 0.266 e. The Kier molecular flexibility index (Phi) is 4.08. The summed E-state index contributed by atoms with van der Waals surface area (Å²) in [5.41, 5.74) is 6.82. The van der Waals surface area contributed by atoms with E-state index < -0.39 is 10.0 Å². The summed E-state index contributed by atoms with van der Waals surface area (Å²) in [4.78, 5) is -0.0286. The van der Waals surface area contributed by atoms with Gasteiger partial charge in [-0.2, -0.15) is 5.10 Å². The number of aromatic amines is 1. The lowest BCUT2D eigenvalue weighted by atomic mass is 10.1. The molecule has 2 aromatic rings. The molecule has 0 bridgehead atoms. The topological polar surface area (TPSA) is 110 Å². The second-order valence-corrected chi connectivity index (χ2v) is 6.53. The highest BCUT2D eigenvalue weighted by atomic mass is 32.2. The zero-order valence-electron chi connectivity index (χ0n) is 12.0. The lowest BCUT2D eigenvalue weighted by molar-refractivity contribution is 0.403. The van der Waals surface area contributed by atoms with Crippen LogP contribution < -0.4 is 15.2 Å². The molecule has 4 N–H and O–H groups in total. The zero-order valence-corrected chi connectivity index (χ0v) is 12.9. The first-order valence-corrected chi connectivity index (χ1v) is 7.83. The minimum Gasteiger partial charge on any atom is -0.495 e. The molecule has 1 aromatic carbocycles. The molecular weight excluding hydrogens is 292 g/mol. The molecule has 0 aliphatic heterocycles. The Morgan fingerprint density at radius 3 is 2.62 bits per heavy atom. The third-order valence-corrected chi connectivity index (χ3v) is 4.31. The van der Waals surface area contributed by atoms with Gasteiger partial charge in [-0.1, -0.05) is 13.8 Å². The van der Waals surface area contributed by atoms with E-state index in [1.54, 1.807) is 12.1 Å². The lowest BCUT2D eigenvalue weighted by Gasteiger charge is -2.10. The van der Waals surface area contributed by atoms with E-state index in [4.69, 9.17) is 10.5 Å². The van der Waals surface area contributed by atoms with E-state index in [0.29, 0.717) is 5.69 Å². The Hall–Kier alpha value is -2.22. The van der Waals surface area contributed by atoms with Gasteiger partial charge in [-0.25, -0.2) is 8.42 Å². The van der Waals surface area contributed by atoms with Gasteiger partial charge in [0.2, 0.25) is 0 Å². The van der Waals surface area contributed by atoms with Crippen LogP contribution in [0.25, 0.3) is 0 Å². The highest BCUT2D eigenvalue weighted by molar-refractivity contribution is 7.92. The molecule has 0 fully saturated rings. The number of nitrogens with zero attached hydrogens (tertiary/aromatic N) is 1. The lowest BCUT2D eigenvalue weighted by Crippen LogP contribution is -2.14. The number of hydrogen-bond acceptors (Lipinski definition) is 5. The fourth-order valence-electron chi connectivity index (χ4n) is 1.78. The smallest absolute Gasteiger partial charge is 0.266 e. The summed E-state index contributed by atoms with van der Waals surface area (Å²) < 4.78 is 32.3. The van der Waals surface area contributed by atoms with Crippen LogP contribution in [0.5, 0.6) is 5.75 Å². The van der Waals surface area contributed by atoms with Crippen molar-refractivity contribution in [3.8, 4) is 5.75 Å². The number of aromatic nitrogens is 2. The quantitative estimate of drug-likeness (QED) is 0.731. The van der Waals surface area contributed by atoms with E-state index in [1.165, 1.54) is 19.2 Å². The molecular formula is C13H18N4O3S. The van der Waals surface area contributed by atoms with Crippen LogP contribution in [0.1, 0.15) is 25.5 Å². The predicted molar refractivity (Wildman–Crippen MR) is 80.9 cm³/mol. The molecule has 8 heteroatoms. The number of nitrogens with one attached hydrogen (secondary N) is 2. The van der Waals surface area contributed by atoms with Crippen molar-refractivity contribution in [3.05, 3.63) is 30.0 Å². The van der Waals surface area contributed by atoms with Crippen LogP contribution >= 0.6 is 0 Å². The average Bonchev–Trinajstić information content (AvgIpc) is 2.86. The zero-order chi connectivity index (χ0) is 15.6. The molecule has 7 nitrogen and oxygen atoms in total. The Morgan fingerprint density at radius 2 is 2.05 bits per heavy atom. The Labute approximate surface area is 123 Å². The first kappa shape index (κ1) is 15.2. The number of anilines is 2. The van der Waals surface area contributed by atoms with Gasteiger partial charge in [0.25, 0.3) is 10.0 Å². The molecule has 1 aromatic heterocycles. The van der Waals surface area contributed by atoms with Gasteiger partial charge in [0.15, 0.2) is 5.82 Å². The van der Waals surface area contributed by atoms with Crippen LogP contribution in [0.3, 0.4) is 0 Å². The molecule has 0 atom stereocenters. The molecule has 114 valence electrons. The number of hydrogen-bond donors (Lipinski definition) is 3. The maximum atomic E-state index is 12.4. The number of benzene rings is 1. The minimum atomic E-state index is -3.83. The number of ether oxygens (including phenoxy) is 1. The van der Waals surface area contributed by atoms with Gasteiger partial charge in [-0.15, -0.1) is 0 Å². The van der Waals surface area contributed by atoms with Gasteiger partial charge >= 0.3 is 0 Å². The standard InChI is InChI=1S/C13H18N4O3S/c1-8(2)10-7-13(16-15-10)17-21(18,19)12-6-9(14)4-5-11(12)20-3/h4-8H,14H2,1-3H3,(H2,15,16,17). The van der Waals surface area contributed by atoms with Crippen LogP contribution in [0.4, 0.5) is 11.5 Å². The first-order valence-electron chi connectivity index (χ1n) is 6.35. The van der Waals surface area contributed by atoms with E-state index >= 15 is 0 Å². The van der Waals surface area contributed by atoms with Gasteiger partial charge in [0.05, 0.1) is 7.11 Å². The van der Waals surface area contributed by atoms with Crippen molar-refractivity contribution in [2.45, 2.75) is 24.7 Å². The maximum absolute atomic E-state index is 12.4. The summed E-state index contributed by atoms with van der Waals surface area (Å²) >= 11 is 0. The molecule has 21 heavy (non-hydrogen) atoms. The third kappa shape index (κ3) is 3.27. The number of rotatable bonds is 5. The molecule has 1 heterocycles. The number of sulfonamides is 1. The first-order chi connectivity index (χ1) is 9.83. The van der Waals surface area contributed by atoms with Crippen molar-refractivity contribution < 1.29 is 13.2 Å². The van der Waals surface area contributed by atoms with Crippen molar-refractivity contribution in [1.29, 1.82) is 0 Å². The Morgan fingerprint density at radius 1 is 1.33 bits per heavy atom. The second-order valence-electron chi connectivity index (χ2n) is 4.88. The average molecular weight is 310 g/mol. The second kappa shape index (κ2) is 5.65. The fraction of sp³-hybridized carbons (Fsp3) is 0.308. The number of nitrogen functional groups attached to an aromatic ring is 1. The number of H-pyrrole nitrogens is 1. The van der Waals surface area contributed by atoms with E-state index in [2.05, 4.69) is 14.9 Å². The monoisotopic (exact) mass is 310 g/mol. The molecule has 0 spiro atoms. The van der Waals surface area contributed by atoms with Crippen LogP contribution in [0.2, 0.25) is 0 Å². The summed E-state index contributed by atoms with van der Waals surface area (Å²) in [6.45, 7) is 3.96. The van der Waals surface area contributed by atoms with Crippen LogP contribution in [-0.2, 0) is 10.0 Å². The molecule has 0 aliphatic rings. The van der Waals surface area contributed by atoms with Crippen molar-refractivity contribution in [2.24, 2.45) is 0 Å². The molecule has 0 unspecified atom stereocenters. The Bertz CT molecular complexity index is 738. The highest BCUT2D eigenvalue weighted by Crippen LogP contribution is 2.27. The SMILES string of the molecule is COc1ccc(N)cc1S(=O)(=O)Nc1cc(C(C)C)[nH]n1. The molecule has 0 amide bonds. The summed E-state index contributed by atoms with van der Waals surface area (Å²) in [7, 11) is -2.43. The highest BCUT2D eigenvalue weighted by Gasteiger charge is 2.21. The Balaban J connectivity index is 2.35. The normalized spacial score (nSPS) is 11.6.